The highest BCUT2D eigenvalue weighted by atomic mass is 16.6. The Hall–Kier alpha value is -2.17. The van der Waals surface area contributed by atoms with Gasteiger partial charge in [-0.3, -0.25) is 4.57 Å². The van der Waals surface area contributed by atoms with Crippen LogP contribution in [0.4, 0.5) is 5.82 Å². The Balaban J connectivity index is 2.45. The van der Waals surface area contributed by atoms with E-state index in [2.05, 4.69) is 15.0 Å². The molecule has 1 aromatic heterocycles. The first-order valence-corrected chi connectivity index (χ1v) is 5.51. The normalized spacial score (nSPS) is 32.9. The number of azide groups is 1. The largest absolute Gasteiger partial charge is 0.393 e. The van der Waals surface area contributed by atoms with Crippen molar-refractivity contribution < 1.29 is 20.1 Å². The molecule has 1 aliphatic rings. The molecule has 0 aromatic carbocycles. The molecule has 11 heteroatoms. The number of hydrogen-bond acceptors (Lipinski definition) is 8. The van der Waals surface area contributed by atoms with E-state index in [1.807, 2.05) is 0 Å². The maximum atomic E-state index is 11.7. The van der Waals surface area contributed by atoms with Crippen molar-refractivity contribution in [2.75, 3.05) is 12.3 Å². The molecule has 0 spiro atoms. The standard InChI is InChI=1S/C9H12N6O5/c10-4-1-2-15(8(19)12-4)7-5(17)6(18)9(3-16,20-7)13-14-11/h1-2,5-7,16-18H,3H2,(H2,10,12,19)/t5-,6+,7?,9-/m1/s1. The summed E-state index contributed by atoms with van der Waals surface area (Å²) in [6.45, 7) is -0.872. The van der Waals surface area contributed by atoms with Crippen molar-refractivity contribution in [2.45, 2.75) is 24.2 Å². The van der Waals surface area contributed by atoms with E-state index in [-0.39, 0.29) is 5.82 Å². The van der Waals surface area contributed by atoms with Gasteiger partial charge in [0.2, 0.25) is 5.72 Å². The number of anilines is 1. The molecule has 2 rings (SSSR count). The zero-order valence-corrected chi connectivity index (χ0v) is 10.1. The van der Waals surface area contributed by atoms with Gasteiger partial charge in [-0.1, -0.05) is 5.11 Å². The van der Waals surface area contributed by atoms with E-state index in [0.717, 1.165) is 4.57 Å². The van der Waals surface area contributed by atoms with Crippen LogP contribution >= 0.6 is 0 Å². The lowest BCUT2D eigenvalue weighted by atomic mass is 10.1. The van der Waals surface area contributed by atoms with Crippen LogP contribution in [0.1, 0.15) is 6.23 Å². The predicted octanol–water partition coefficient (Wildman–Crippen LogP) is -1.92. The van der Waals surface area contributed by atoms with E-state index < -0.39 is 36.5 Å². The Morgan fingerprint density at radius 3 is 2.90 bits per heavy atom. The second-order valence-corrected chi connectivity index (χ2v) is 4.18. The molecule has 1 aliphatic heterocycles. The van der Waals surface area contributed by atoms with E-state index in [0.29, 0.717) is 0 Å². The second kappa shape index (κ2) is 5.07. The molecule has 0 bridgehead atoms. The van der Waals surface area contributed by atoms with Crippen molar-refractivity contribution in [1.29, 1.82) is 0 Å². The number of nitrogens with zero attached hydrogens (tertiary/aromatic N) is 5. The summed E-state index contributed by atoms with van der Waals surface area (Å²) in [6.07, 6.45) is -3.48. The Labute approximate surface area is 111 Å². The fourth-order valence-corrected chi connectivity index (χ4v) is 1.93. The van der Waals surface area contributed by atoms with Crippen molar-refractivity contribution in [1.82, 2.24) is 9.55 Å². The lowest BCUT2D eigenvalue weighted by molar-refractivity contribution is -0.125. The molecule has 5 N–H and O–H groups in total. The zero-order chi connectivity index (χ0) is 14.9. The van der Waals surface area contributed by atoms with Gasteiger partial charge < -0.3 is 25.8 Å². The van der Waals surface area contributed by atoms with E-state index in [1.54, 1.807) is 0 Å². The van der Waals surface area contributed by atoms with Crippen molar-refractivity contribution in [3.05, 3.63) is 33.2 Å². The molecule has 0 radical (unpaired) electrons. The Morgan fingerprint density at radius 1 is 1.65 bits per heavy atom. The number of rotatable bonds is 3. The molecule has 4 atom stereocenters. The van der Waals surface area contributed by atoms with E-state index in [9.17, 15) is 20.1 Å². The van der Waals surface area contributed by atoms with Crippen LogP contribution in [-0.2, 0) is 4.74 Å². The topological polar surface area (TPSA) is 180 Å². The van der Waals surface area contributed by atoms with Crippen LogP contribution in [0.2, 0.25) is 0 Å². The minimum absolute atomic E-state index is 0.0252. The number of nitrogens with two attached hydrogens (primary N) is 1. The molecular formula is C9H12N6O5. The minimum atomic E-state index is -2.07. The zero-order valence-electron chi connectivity index (χ0n) is 10.1. The number of aliphatic hydroxyl groups excluding tert-OH is 3. The van der Waals surface area contributed by atoms with Gasteiger partial charge in [0.05, 0.1) is 6.61 Å². The number of nitrogen functional groups attached to an aromatic ring is 1. The number of hydrogen-bond donors (Lipinski definition) is 4. The first kappa shape index (κ1) is 14.2. The van der Waals surface area contributed by atoms with Crippen LogP contribution in [0.5, 0.6) is 0 Å². The molecule has 0 aliphatic carbocycles. The highest BCUT2D eigenvalue weighted by Crippen LogP contribution is 2.37. The molecule has 0 amide bonds. The molecule has 1 saturated heterocycles. The van der Waals surface area contributed by atoms with Crippen molar-refractivity contribution in [3.63, 3.8) is 0 Å². The Kier molecular flexibility index (Phi) is 3.61. The van der Waals surface area contributed by atoms with E-state index in [1.165, 1.54) is 12.3 Å². The maximum absolute atomic E-state index is 11.7. The van der Waals surface area contributed by atoms with Crippen LogP contribution in [0, 0.1) is 0 Å². The van der Waals surface area contributed by atoms with Gasteiger partial charge >= 0.3 is 5.69 Å². The third-order valence-corrected chi connectivity index (χ3v) is 2.97. The van der Waals surface area contributed by atoms with Crippen molar-refractivity contribution in [3.8, 4) is 0 Å². The summed E-state index contributed by atoms with van der Waals surface area (Å²) in [4.78, 5) is 17.6. The molecule has 2 heterocycles. The second-order valence-electron chi connectivity index (χ2n) is 4.18. The molecule has 0 saturated carbocycles. The lowest BCUT2D eigenvalue weighted by Gasteiger charge is -2.23. The maximum Gasteiger partial charge on any atom is 0.351 e. The molecule has 1 fully saturated rings. The summed E-state index contributed by atoms with van der Waals surface area (Å²) < 4.78 is 6.05. The SMILES string of the molecule is [N-]=[N+]=N[C@]1(CO)OC(n2ccc(N)nc2=O)[C@H](O)[C@@H]1O. The summed E-state index contributed by atoms with van der Waals surface area (Å²) in [5.74, 6) is -0.0252. The Morgan fingerprint density at radius 2 is 2.35 bits per heavy atom. The molecule has 1 aromatic rings. The van der Waals surface area contributed by atoms with Crippen molar-refractivity contribution in [2.24, 2.45) is 5.11 Å². The third kappa shape index (κ3) is 2.09. The molecule has 1 unspecified atom stereocenters. The quantitative estimate of drug-likeness (QED) is 0.283. The van der Waals surface area contributed by atoms with E-state index >= 15 is 0 Å². The molecule has 108 valence electrons. The first-order valence-electron chi connectivity index (χ1n) is 5.51. The lowest BCUT2D eigenvalue weighted by Crippen LogP contribution is -2.44. The number of aliphatic hydroxyl groups is 3. The van der Waals surface area contributed by atoms with Gasteiger partial charge in [0.1, 0.15) is 18.0 Å². The van der Waals surface area contributed by atoms with Crippen LogP contribution in [0.15, 0.2) is 22.2 Å². The fourth-order valence-electron chi connectivity index (χ4n) is 1.93. The highest BCUT2D eigenvalue weighted by molar-refractivity contribution is 5.23. The van der Waals surface area contributed by atoms with Gasteiger partial charge in [0.25, 0.3) is 0 Å². The van der Waals surface area contributed by atoms with Crippen LogP contribution in [-0.4, -0.2) is 49.4 Å². The molecule has 20 heavy (non-hydrogen) atoms. The van der Waals surface area contributed by atoms with Crippen LogP contribution in [0.25, 0.3) is 10.4 Å². The van der Waals surface area contributed by atoms with Crippen LogP contribution < -0.4 is 11.4 Å². The summed E-state index contributed by atoms with van der Waals surface area (Å²) in [5.41, 5.74) is 10.9. The Bertz CT molecular complexity index is 613. The van der Waals surface area contributed by atoms with E-state index in [4.69, 9.17) is 16.0 Å². The summed E-state index contributed by atoms with van der Waals surface area (Å²) in [7, 11) is 0. The van der Waals surface area contributed by atoms with Gasteiger partial charge in [-0.15, -0.1) is 0 Å². The predicted molar refractivity (Wildman–Crippen MR) is 64.0 cm³/mol. The van der Waals surface area contributed by atoms with Gasteiger partial charge in [0, 0.05) is 11.1 Å². The minimum Gasteiger partial charge on any atom is -0.393 e. The molecular weight excluding hydrogens is 272 g/mol. The van der Waals surface area contributed by atoms with Gasteiger partial charge in [0.15, 0.2) is 6.23 Å². The van der Waals surface area contributed by atoms with Gasteiger partial charge in [-0.2, -0.15) is 4.98 Å². The smallest absolute Gasteiger partial charge is 0.351 e. The van der Waals surface area contributed by atoms with Gasteiger partial charge in [-0.05, 0) is 11.6 Å². The first-order chi connectivity index (χ1) is 9.45. The summed E-state index contributed by atoms with van der Waals surface area (Å²) >= 11 is 0. The average molecular weight is 284 g/mol. The number of aromatic nitrogens is 2. The van der Waals surface area contributed by atoms with Gasteiger partial charge in [-0.25, -0.2) is 4.79 Å². The van der Waals surface area contributed by atoms with Crippen LogP contribution in [0.3, 0.4) is 0 Å². The third-order valence-electron chi connectivity index (χ3n) is 2.97. The summed E-state index contributed by atoms with van der Waals surface area (Å²) in [5, 5.41) is 32.2. The average Bonchev–Trinajstić information content (AvgIpc) is 2.65. The highest BCUT2D eigenvalue weighted by Gasteiger charge is 2.54. The summed E-state index contributed by atoms with van der Waals surface area (Å²) in [6, 6.07) is 1.29. The van der Waals surface area contributed by atoms with Crippen molar-refractivity contribution >= 4 is 5.82 Å². The fraction of sp³-hybridized carbons (Fsp3) is 0.556. The molecule has 11 nitrogen and oxygen atoms in total. The number of ether oxygens (including phenoxy) is 1. The monoisotopic (exact) mass is 284 g/mol.